The van der Waals surface area contributed by atoms with Gasteiger partial charge in [-0.1, -0.05) is 18.2 Å². The van der Waals surface area contributed by atoms with Crippen molar-refractivity contribution in [3.63, 3.8) is 0 Å². The van der Waals surface area contributed by atoms with Crippen LogP contribution in [0.3, 0.4) is 0 Å². The third-order valence-electron chi connectivity index (χ3n) is 1.84. The van der Waals surface area contributed by atoms with Gasteiger partial charge in [0.1, 0.15) is 6.04 Å². The van der Waals surface area contributed by atoms with Crippen molar-refractivity contribution in [2.45, 2.75) is 38.3 Å². The maximum absolute atomic E-state index is 11.1. The maximum Gasteiger partial charge on any atom is 0.320 e. The van der Waals surface area contributed by atoms with Crippen LogP contribution >= 0.6 is 11.8 Å². The van der Waals surface area contributed by atoms with E-state index in [9.17, 15) is 9.59 Å². The molecule has 0 aromatic rings. The van der Waals surface area contributed by atoms with Gasteiger partial charge in [-0.05, 0) is 19.8 Å². The molecule has 15 heavy (non-hydrogen) atoms. The van der Waals surface area contributed by atoms with E-state index in [1.54, 1.807) is 6.92 Å². The van der Waals surface area contributed by atoms with E-state index in [0.29, 0.717) is 18.6 Å². The predicted molar refractivity (Wildman–Crippen MR) is 60.6 cm³/mol. The molecule has 0 saturated carbocycles. The summed E-state index contributed by atoms with van der Waals surface area (Å²) >= 11 is 1.19. The van der Waals surface area contributed by atoms with E-state index in [0.717, 1.165) is 6.42 Å². The Morgan fingerprint density at radius 2 is 1.93 bits per heavy atom. The van der Waals surface area contributed by atoms with Gasteiger partial charge in [0.05, 0.1) is 6.04 Å². The van der Waals surface area contributed by atoms with Gasteiger partial charge >= 0.3 is 5.97 Å². The summed E-state index contributed by atoms with van der Waals surface area (Å²) in [5.74, 6) is -0.304. The molecule has 2 atom stereocenters. The minimum atomic E-state index is -0.977. The zero-order valence-electron chi connectivity index (χ0n) is 8.81. The molecular weight excluding hydrogens is 216 g/mol. The van der Waals surface area contributed by atoms with E-state index in [1.165, 1.54) is 11.8 Å². The molecule has 5 N–H and O–H groups in total. The zero-order valence-corrected chi connectivity index (χ0v) is 9.63. The number of hydrogen-bond donors (Lipinski definition) is 3. The summed E-state index contributed by atoms with van der Waals surface area (Å²) in [5, 5.41) is 8.47. The number of carbonyl (C=O) groups is 2. The first-order valence-corrected chi connectivity index (χ1v) is 5.84. The minimum absolute atomic E-state index is 0.0301. The number of unbranched alkanes of at least 4 members (excludes halogenated alkanes) is 1. The van der Waals surface area contributed by atoms with Crippen molar-refractivity contribution in [3.8, 4) is 0 Å². The lowest BCUT2D eigenvalue weighted by Crippen LogP contribution is -2.29. The van der Waals surface area contributed by atoms with Gasteiger partial charge in [0.2, 0.25) is 5.12 Å². The average molecular weight is 234 g/mol. The smallest absolute Gasteiger partial charge is 0.320 e. The van der Waals surface area contributed by atoms with Crippen molar-refractivity contribution in [2.75, 3.05) is 5.75 Å². The maximum atomic E-state index is 11.1. The summed E-state index contributed by atoms with van der Waals surface area (Å²) in [5.41, 5.74) is 10.7. The fourth-order valence-corrected chi connectivity index (χ4v) is 1.71. The van der Waals surface area contributed by atoms with Gasteiger partial charge in [0.15, 0.2) is 0 Å². The zero-order chi connectivity index (χ0) is 11.8. The number of thioether (sulfide) groups is 1. The molecule has 0 aromatic carbocycles. The predicted octanol–water partition coefficient (Wildman–Crippen LogP) is 0.176. The molecule has 0 spiro atoms. The largest absolute Gasteiger partial charge is 0.480 e. The second-order valence-corrected chi connectivity index (χ2v) is 4.50. The van der Waals surface area contributed by atoms with Crippen molar-refractivity contribution >= 4 is 22.8 Å². The fraction of sp³-hybridized carbons (Fsp3) is 0.778. The molecular formula is C9H18N2O3S. The number of hydrogen-bond acceptors (Lipinski definition) is 5. The minimum Gasteiger partial charge on any atom is -0.480 e. The third kappa shape index (κ3) is 7.35. The van der Waals surface area contributed by atoms with E-state index in [2.05, 4.69) is 0 Å². The lowest BCUT2D eigenvalue weighted by molar-refractivity contribution is -0.138. The number of carbonyl (C=O) groups excluding carboxylic acids is 1. The van der Waals surface area contributed by atoms with Crippen molar-refractivity contribution < 1.29 is 14.7 Å². The van der Waals surface area contributed by atoms with E-state index < -0.39 is 18.1 Å². The highest BCUT2D eigenvalue weighted by atomic mass is 32.2. The molecule has 0 aliphatic carbocycles. The van der Waals surface area contributed by atoms with Gasteiger partial charge in [0, 0.05) is 5.75 Å². The Balaban J connectivity index is 3.40. The quantitative estimate of drug-likeness (QED) is 0.542. The second-order valence-electron chi connectivity index (χ2n) is 3.40. The number of rotatable bonds is 7. The molecule has 88 valence electrons. The number of carboxylic acids is 1. The third-order valence-corrected chi connectivity index (χ3v) is 2.99. The number of nitrogens with two attached hydrogens (primary N) is 2. The van der Waals surface area contributed by atoms with Gasteiger partial charge in [-0.25, -0.2) is 0 Å². The average Bonchev–Trinajstić information content (AvgIpc) is 2.16. The molecule has 0 rings (SSSR count). The summed E-state index contributed by atoms with van der Waals surface area (Å²) in [6.07, 6.45) is 1.94. The topological polar surface area (TPSA) is 106 Å². The van der Waals surface area contributed by atoms with Crippen molar-refractivity contribution in [1.29, 1.82) is 0 Å². The van der Waals surface area contributed by atoms with Crippen molar-refractivity contribution in [2.24, 2.45) is 11.5 Å². The number of carboxylic acid groups (broad SMARTS) is 1. The second kappa shape index (κ2) is 7.67. The van der Waals surface area contributed by atoms with Crippen LogP contribution in [0.15, 0.2) is 0 Å². The van der Waals surface area contributed by atoms with Crippen LogP contribution in [0.4, 0.5) is 0 Å². The highest BCUT2D eigenvalue weighted by molar-refractivity contribution is 8.13. The van der Waals surface area contributed by atoms with Crippen LogP contribution in [0.1, 0.15) is 26.2 Å². The summed E-state index contributed by atoms with van der Waals surface area (Å²) in [4.78, 5) is 21.4. The molecule has 0 saturated heterocycles. The van der Waals surface area contributed by atoms with Crippen LogP contribution in [-0.2, 0) is 9.59 Å². The Hall–Kier alpha value is -0.590. The van der Waals surface area contributed by atoms with Crippen LogP contribution in [0.5, 0.6) is 0 Å². The molecule has 5 nitrogen and oxygen atoms in total. The lowest BCUT2D eigenvalue weighted by atomic mass is 10.1. The van der Waals surface area contributed by atoms with Gasteiger partial charge < -0.3 is 16.6 Å². The van der Waals surface area contributed by atoms with Crippen molar-refractivity contribution in [3.05, 3.63) is 0 Å². The Kier molecular flexibility index (Phi) is 7.37. The summed E-state index contributed by atoms with van der Waals surface area (Å²) in [7, 11) is 0. The normalized spacial score (nSPS) is 14.6. The summed E-state index contributed by atoms with van der Waals surface area (Å²) < 4.78 is 0. The van der Waals surface area contributed by atoms with E-state index in [4.69, 9.17) is 16.6 Å². The molecule has 0 heterocycles. The van der Waals surface area contributed by atoms with Crippen LogP contribution < -0.4 is 11.5 Å². The standard InChI is InChI=1S/C9H18N2O3S/c1-6(10)9(14)15-5-3-2-4-7(11)8(12)13/h6-7H,2-5,10-11H2,1H3,(H,12,13)/t6-,7?/m0/s1. The Bertz CT molecular complexity index is 221. The molecule has 0 amide bonds. The Morgan fingerprint density at radius 3 is 2.40 bits per heavy atom. The molecule has 0 aliphatic heterocycles. The van der Waals surface area contributed by atoms with E-state index in [-0.39, 0.29) is 5.12 Å². The van der Waals surface area contributed by atoms with Gasteiger partial charge in [0.25, 0.3) is 0 Å². The lowest BCUT2D eigenvalue weighted by Gasteiger charge is -2.06. The van der Waals surface area contributed by atoms with Gasteiger partial charge in [-0.3, -0.25) is 9.59 Å². The van der Waals surface area contributed by atoms with E-state index in [1.807, 2.05) is 0 Å². The number of aliphatic carboxylic acids is 1. The van der Waals surface area contributed by atoms with Crippen LogP contribution in [0.25, 0.3) is 0 Å². The summed E-state index contributed by atoms with van der Waals surface area (Å²) in [6, 6.07) is -1.23. The first-order chi connectivity index (χ1) is 6.95. The van der Waals surface area contributed by atoms with Crippen LogP contribution in [0, 0.1) is 0 Å². The Morgan fingerprint density at radius 1 is 1.33 bits per heavy atom. The molecule has 0 fully saturated rings. The molecule has 0 bridgehead atoms. The highest BCUT2D eigenvalue weighted by Crippen LogP contribution is 2.09. The van der Waals surface area contributed by atoms with Gasteiger partial charge in [-0.15, -0.1) is 0 Å². The molecule has 0 aliphatic rings. The molecule has 0 aromatic heterocycles. The fourth-order valence-electron chi connectivity index (χ4n) is 0.894. The van der Waals surface area contributed by atoms with E-state index >= 15 is 0 Å². The monoisotopic (exact) mass is 234 g/mol. The SMILES string of the molecule is C[C@H](N)C(=O)SCCCCC(N)C(=O)O. The molecule has 1 unspecified atom stereocenters. The van der Waals surface area contributed by atoms with Crippen molar-refractivity contribution in [1.82, 2.24) is 0 Å². The van der Waals surface area contributed by atoms with Crippen LogP contribution in [-0.4, -0.2) is 34.0 Å². The molecule has 6 heteroatoms. The van der Waals surface area contributed by atoms with Crippen LogP contribution in [0.2, 0.25) is 0 Å². The van der Waals surface area contributed by atoms with Gasteiger partial charge in [-0.2, -0.15) is 0 Å². The summed E-state index contributed by atoms with van der Waals surface area (Å²) in [6.45, 7) is 1.65. The highest BCUT2D eigenvalue weighted by Gasteiger charge is 2.11. The molecule has 0 radical (unpaired) electrons. The first kappa shape index (κ1) is 14.4. The Labute approximate surface area is 93.6 Å². The first-order valence-electron chi connectivity index (χ1n) is 4.85.